The Balaban J connectivity index is 1.64. The van der Waals surface area contributed by atoms with Gasteiger partial charge in [-0.1, -0.05) is 29.3 Å². The van der Waals surface area contributed by atoms with Crippen LogP contribution in [0.3, 0.4) is 0 Å². The van der Waals surface area contributed by atoms with Crippen LogP contribution >= 0.6 is 23.2 Å². The first-order valence-electron chi connectivity index (χ1n) is 8.91. The molecule has 30 heavy (non-hydrogen) atoms. The Labute approximate surface area is 181 Å². The van der Waals surface area contributed by atoms with Gasteiger partial charge in [0.1, 0.15) is 5.58 Å². The quantitative estimate of drug-likeness (QED) is 0.428. The number of carbonyl (C=O) groups excluding carboxylic acids is 1. The molecule has 6 nitrogen and oxygen atoms in total. The van der Waals surface area contributed by atoms with Gasteiger partial charge in [0.2, 0.25) is 16.9 Å². The number of rotatable bonds is 5. The van der Waals surface area contributed by atoms with Crippen LogP contribution in [-0.4, -0.2) is 12.5 Å². The molecule has 152 valence electrons. The van der Waals surface area contributed by atoms with E-state index in [-0.39, 0.29) is 11.5 Å². The standard InChI is InChI=1S/C22H15Cl2NO5/c1-12-4-6-14-18(9-12)30-21(17-3-2-8-28-17)22(20(14)27)29-11-19(26)25-13-5-7-15(23)16(24)10-13/h2-10H,11H2,1H3,(H,25,26). The minimum Gasteiger partial charge on any atom is -0.476 e. The number of carbonyl (C=O) groups is 1. The second kappa shape index (κ2) is 8.26. The van der Waals surface area contributed by atoms with Crippen molar-refractivity contribution in [3.63, 3.8) is 0 Å². The minimum atomic E-state index is -0.484. The Bertz CT molecular complexity index is 1300. The van der Waals surface area contributed by atoms with E-state index in [0.717, 1.165) is 5.56 Å². The van der Waals surface area contributed by atoms with E-state index in [9.17, 15) is 9.59 Å². The van der Waals surface area contributed by atoms with Crippen LogP contribution in [-0.2, 0) is 4.79 Å². The van der Waals surface area contributed by atoms with Crippen molar-refractivity contribution in [2.45, 2.75) is 6.92 Å². The molecular formula is C22H15Cl2NO5. The summed E-state index contributed by atoms with van der Waals surface area (Å²) in [5.41, 5.74) is 1.39. The summed E-state index contributed by atoms with van der Waals surface area (Å²) in [4.78, 5) is 25.3. The lowest BCUT2D eigenvalue weighted by atomic mass is 10.1. The molecule has 1 amide bonds. The highest BCUT2D eigenvalue weighted by Crippen LogP contribution is 2.31. The van der Waals surface area contributed by atoms with Crippen LogP contribution < -0.4 is 15.5 Å². The van der Waals surface area contributed by atoms with Gasteiger partial charge in [-0.2, -0.15) is 0 Å². The maximum absolute atomic E-state index is 13.0. The third-order valence-corrected chi connectivity index (χ3v) is 5.04. The Morgan fingerprint density at radius 1 is 1.10 bits per heavy atom. The largest absolute Gasteiger partial charge is 0.476 e. The number of fused-ring (bicyclic) bond motifs is 1. The van der Waals surface area contributed by atoms with Crippen LogP contribution in [0.5, 0.6) is 5.75 Å². The molecule has 1 N–H and O–H groups in total. The van der Waals surface area contributed by atoms with Crippen LogP contribution in [0.15, 0.2) is 68.4 Å². The number of amides is 1. The van der Waals surface area contributed by atoms with Crippen LogP contribution in [0, 0.1) is 6.92 Å². The molecule has 0 saturated carbocycles. The number of anilines is 1. The van der Waals surface area contributed by atoms with Gasteiger partial charge in [0.15, 0.2) is 12.4 Å². The molecule has 2 heterocycles. The fourth-order valence-electron chi connectivity index (χ4n) is 2.89. The number of ether oxygens (including phenoxy) is 1. The minimum absolute atomic E-state index is 0.106. The summed E-state index contributed by atoms with van der Waals surface area (Å²) in [6.07, 6.45) is 1.45. The average Bonchev–Trinajstić information content (AvgIpc) is 3.24. The fraction of sp³-hybridized carbons (Fsp3) is 0.0909. The molecule has 0 spiro atoms. The van der Waals surface area contributed by atoms with E-state index in [1.807, 2.05) is 6.92 Å². The Morgan fingerprint density at radius 2 is 1.93 bits per heavy atom. The van der Waals surface area contributed by atoms with Gasteiger partial charge in [0.25, 0.3) is 5.91 Å². The van der Waals surface area contributed by atoms with Crippen LogP contribution in [0.1, 0.15) is 5.56 Å². The normalized spacial score (nSPS) is 10.9. The maximum atomic E-state index is 13.0. The third-order valence-electron chi connectivity index (χ3n) is 4.30. The molecule has 4 rings (SSSR count). The molecule has 2 aromatic carbocycles. The molecule has 0 aliphatic carbocycles. The van der Waals surface area contributed by atoms with Crippen LogP contribution in [0.25, 0.3) is 22.5 Å². The van der Waals surface area contributed by atoms with E-state index in [1.54, 1.807) is 42.5 Å². The zero-order valence-corrected chi connectivity index (χ0v) is 17.2. The van der Waals surface area contributed by atoms with Crippen molar-refractivity contribution < 1.29 is 18.4 Å². The molecule has 0 radical (unpaired) electrons. The lowest BCUT2D eigenvalue weighted by Gasteiger charge is -2.11. The Morgan fingerprint density at radius 3 is 2.67 bits per heavy atom. The molecule has 0 saturated heterocycles. The van der Waals surface area contributed by atoms with Crippen molar-refractivity contribution in [3.8, 4) is 17.3 Å². The summed E-state index contributed by atoms with van der Waals surface area (Å²) >= 11 is 11.8. The second-order valence-corrected chi connectivity index (χ2v) is 7.35. The molecule has 8 heteroatoms. The van der Waals surface area contributed by atoms with Crippen molar-refractivity contribution in [3.05, 3.63) is 80.6 Å². The van der Waals surface area contributed by atoms with Crippen LogP contribution in [0.4, 0.5) is 5.69 Å². The first kappa shape index (κ1) is 20.1. The summed E-state index contributed by atoms with van der Waals surface area (Å²) < 4.78 is 16.9. The molecule has 0 fully saturated rings. The Hall–Kier alpha value is -3.22. The Kier molecular flexibility index (Phi) is 5.53. The predicted octanol–water partition coefficient (Wildman–Crippen LogP) is 5.69. The van der Waals surface area contributed by atoms with Gasteiger partial charge < -0.3 is 18.9 Å². The number of furan rings is 1. The molecule has 0 aliphatic rings. The van der Waals surface area contributed by atoms with Gasteiger partial charge in [0.05, 0.1) is 21.7 Å². The van der Waals surface area contributed by atoms with Crippen molar-refractivity contribution in [2.75, 3.05) is 11.9 Å². The second-order valence-electron chi connectivity index (χ2n) is 6.53. The summed E-state index contributed by atoms with van der Waals surface area (Å²) in [6.45, 7) is 1.47. The topological polar surface area (TPSA) is 81.7 Å². The monoisotopic (exact) mass is 443 g/mol. The number of benzene rings is 2. The predicted molar refractivity (Wildman–Crippen MR) is 116 cm³/mol. The van der Waals surface area contributed by atoms with Crippen LogP contribution in [0.2, 0.25) is 10.0 Å². The highest BCUT2D eigenvalue weighted by molar-refractivity contribution is 6.42. The first-order valence-corrected chi connectivity index (χ1v) is 9.67. The molecular weight excluding hydrogens is 429 g/mol. The van der Waals surface area contributed by atoms with Crippen molar-refractivity contribution in [1.29, 1.82) is 0 Å². The van der Waals surface area contributed by atoms with E-state index in [2.05, 4.69) is 5.32 Å². The lowest BCUT2D eigenvalue weighted by molar-refractivity contribution is -0.118. The summed E-state index contributed by atoms with van der Waals surface area (Å²) in [5, 5.41) is 3.66. The summed E-state index contributed by atoms with van der Waals surface area (Å²) in [5.74, 6) is -0.159. The summed E-state index contributed by atoms with van der Waals surface area (Å²) in [7, 11) is 0. The van der Waals surface area contributed by atoms with Crippen molar-refractivity contribution >= 4 is 45.8 Å². The number of hydrogen-bond donors (Lipinski definition) is 1. The smallest absolute Gasteiger partial charge is 0.262 e. The van der Waals surface area contributed by atoms with Gasteiger partial charge >= 0.3 is 0 Å². The molecule has 2 aromatic heterocycles. The molecule has 0 bridgehead atoms. The fourth-order valence-corrected chi connectivity index (χ4v) is 3.19. The van der Waals surface area contributed by atoms with Gasteiger partial charge in [-0.3, -0.25) is 9.59 Å². The van der Waals surface area contributed by atoms with Crippen molar-refractivity contribution in [2.24, 2.45) is 0 Å². The lowest BCUT2D eigenvalue weighted by Crippen LogP contribution is -2.22. The average molecular weight is 444 g/mol. The molecule has 0 unspecified atom stereocenters. The van der Waals surface area contributed by atoms with Crippen molar-refractivity contribution in [1.82, 2.24) is 0 Å². The number of halogens is 2. The third kappa shape index (κ3) is 4.06. The highest BCUT2D eigenvalue weighted by Gasteiger charge is 2.20. The van der Waals surface area contributed by atoms with E-state index < -0.39 is 17.9 Å². The van der Waals surface area contributed by atoms with Gasteiger partial charge in [-0.05, 0) is 55.0 Å². The van der Waals surface area contributed by atoms with E-state index >= 15 is 0 Å². The number of nitrogens with one attached hydrogen (secondary N) is 1. The van der Waals surface area contributed by atoms with E-state index in [4.69, 9.17) is 36.8 Å². The highest BCUT2D eigenvalue weighted by atomic mass is 35.5. The number of hydrogen-bond acceptors (Lipinski definition) is 5. The van der Waals surface area contributed by atoms with Gasteiger partial charge in [-0.15, -0.1) is 0 Å². The van der Waals surface area contributed by atoms with E-state index in [1.165, 1.54) is 12.3 Å². The van der Waals surface area contributed by atoms with Gasteiger partial charge in [-0.25, -0.2) is 0 Å². The number of aryl methyl sites for hydroxylation is 1. The first-order chi connectivity index (χ1) is 14.4. The zero-order valence-electron chi connectivity index (χ0n) is 15.7. The van der Waals surface area contributed by atoms with Gasteiger partial charge in [0, 0.05) is 5.69 Å². The van der Waals surface area contributed by atoms with E-state index in [0.29, 0.717) is 32.5 Å². The molecule has 0 aliphatic heterocycles. The maximum Gasteiger partial charge on any atom is 0.262 e. The zero-order chi connectivity index (χ0) is 21.3. The molecule has 4 aromatic rings. The summed E-state index contributed by atoms with van der Waals surface area (Å²) in [6, 6.07) is 13.2. The SMILES string of the molecule is Cc1ccc2c(=O)c(OCC(=O)Nc3ccc(Cl)c(Cl)c3)c(-c3ccco3)oc2c1. The molecule has 0 atom stereocenters.